The number of fused-ring (bicyclic) bond motifs is 3. The summed E-state index contributed by atoms with van der Waals surface area (Å²) in [5.41, 5.74) is 9.39. The Kier molecular flexibility index (Phi) is 7.82. The van der Waals surface area contributed by atoms with Gasteiger partial charge < -0.3 is 15.2 Å². The third-order valence-electron chi connectivity index (χ3n) is 6.85. The zero-order valence-corrected chi connectivity index (χ0v) is 21.9. The lowest BCUT2D eigenvalue weighted by molar-refractivity contribution is 0.1000. The highest BCUT2D eigenvalue weighted by atomic mass is 35.5. The van der Waals surface area contributed by atoms with Gasteiger partial charge in [0.2, 0.25) is 5.91 Å². The Hall–Kier alpha value is -2.44. The van der Waals surface area contributed by atoms with Crippen LogP contribution in [0, 0.1) is 0 Å². The molecule has 1 aromatic heterocycles. The van der Waals surface area contributed by atoms with E-state index in [-0.39, 0.29) is 18.6 Å². The minimum atomic E-state index is -0.405. The van der Waals surface area contributed by atoms with Crippen LogP contribution < -0.4 is 10.6 Å². The average Bonchev–Trinajstić information content (AvgIpc) is 3.18. The van der Waals surface area contributed by atoms with Crippen LogP contribution in [0.2, 0.25) is 10.0 Å². The molecule has 0 bridgehead atoms. The molecule has 0 radical (unpaired) electrons. The molecule has 5 nitrogen and oxygen atoms in total. The quantitative estimate of drug-likeness (QED) is 0.300. The SMILES string of the molecule is CCCC(N1CCN(c2cccc(Cl)c2Cl)CC1)n1c2ccccc2c2ccc(C(N)=O)cc21.Cl. The van der Waals surface area contributed by atoms with Gasteiger partial charge >= 0.3 is 0 Å². The first-order valence-corrected chi connectivity index (χ1v) is 12.5. The molecule has 2 N–H and O–H groups in total. The molecule has 4 aromatic rings. The van der Waals surface area contributed by atoms with E-state index < -0.39 is 5.91 Å². The summed E-state index contributed by atoms with van der Waals surface area (Å²) in [7, 11) is 0. The normalized spacial score (nSPS) is 15.3. The van der Waals surface area contributed by atoms with E-state index in [2.05, 4.69) is 45.6 Å². The Labute approximate surface area is 221 Å². The average molecular weight is 532 g/mol. The number of primary amides is 1. The highest BCUT2D eigenvalue weighted by molar-refractivity contribution is 6.43. The topological polar surface area (TPSA) is 54.5 Å². The monoisotopic (exact) mass is 530 g/mol. The molecule has 1 amide bonds. The molecule has 5 rings (SSSR count). The van der Waals surface area contributed by atoms with Crippen molar-refractivity contribution < 1.29 is 4.79 Å². The molecule has 0 spiro atoms. The van der Waals surface area contributed by atoms with E-state index in [0.717, 1.165) is 55.6 Å². The number of piperazine rings is 1. The van der Waals surface area contributed by atoms with Crippen molar-refractivity contribution in [2.75, 3.05) is 31.1 Å². The maximum atomic E-state index is 12.0. The van der Waals surface area contributed by atoms with Crippen molar-refractivity contribution in [3.05, 3.63) is 76.3 Å². The number of hydrogen-bond donors (Lipinski definition) is 1. The maximum absolute atomic E-state index is 12.0. The largest absolute Gasteiger partial charge is 0.368 e. The van der Waals surface area contributed by atoms with Crippen LogP contribution in [0.25, 0.3) is 21.8 Å². The summed E-state index contributed by atoms with van der Waals surface area (Å²) >= 11 is 12.8. The van der Waals surface area contributed by atoms with E-state index in [9.17, 15) is 4.79 Å². The van der Waals surface area contributed by atoms with Crippen LogP contribution in [0.15, 0.2) is 60.7 Å². The van der Waals surface area contributed by atoms with Crippen molar-refractivity contribution in [2.24, 2.45) is 5.73 Å². The Balaban J connectivity index is 0.00000289. The van der Waals surface area contributed by atoms with Crippen molar-refractivity contribution in [3.8, 4) is 0 Å². The van der Waals surface area contributed by atoms with Gasteiger partial charge in [-0.15, -0.1) is 12.4 Å². The number of halogens is 3. The Bertz CT molecular complexity index is 1360. The lowest BCUT2D eigenvalue weighted by Crippen LogP contribution is -2.49. The number of benzene rings is 3. The number of nitrogens with two attached hydrogens (primary N) is 1. The molecule has 1 atom stereocenters. The van der Waals surface area contributed by atoms with Gasteiger partial charge in [-0.2, -0.15) is 0 Å². The van der Waals surface area contributed by atoms with Gasteiger partial charge in [-0.3, -0.25) is 9.69 Å². The van der Waals surface area contributed by atoms with Gasteiger partial charge in [0.25, 0.3) is 0 Å². The van der Waals surface area contributed by atoms with E-state index in [1.807, 2.05) is 36.4 Å². The molecule has 8 heteroatoms. The van der Waals surface area contributed by atoms with Crippen LogP contribution in [0.5, 0.6) is 0 Å². The number of carbonyl (C=O) groups is 1. The number of anilines is 1. The van der Waals surface area contributed by atoms with Crippen LogP contribution in [0.1, 0.15) is 36.3 Å². The summed E-state index contributed by atoms with van der Waals surface area (Å²) in [5.74, 6) is -0.405. The molecule has 184 valence electrons. The van der Waals surface area contributed by atoms with Crippen molar-refractivity contribution >= 4 is 69.0 Å². The van der Waals surface area contributed by atoms with Crippen molar-refractivity contribution in [1.29, 1.82) is 0 Å². The van der Waals surface area contributed by atoms with E-state index in [4.69, 9.17) is 28.9 Å². The van der Waals surface area contributed by atoms with E-state index >= 15 is 0 Å². The van der Waals surface area contributed by atoms with Gasteiger partial charge in [-0.1, -0.05) is 66.9 Å². The van der Waals surface area contributed by atoms with Crippen molar-refractivity contribution in [2.45, 2.75) is 25.9 Å². The Morgan fingerprint density at radius 1 is 0.943 bits per heavy atom. The van der Waals surface area contributed by atoms with Crippen molar-refractivity contribution in [3.63, 3.8) is 0 Å². The molecule has 1 aliphatic rings. The fourth-order valence-electron chi connectivity index (χ4n) is 5.20. The van der Waals surface area contributed by atoms with Crippen molar-refractivity contribution in [1.82, 2.24) is 9.47 Å². The zero-order valence-electron chi connectivity index (χ0n) is 19.6. The number of amides is 1. The minimum absolute atomic E-state index is 0. The van der Waals surface area contributed by atoms with Gasteiger partial charge in [0.15, 0.2) is 0 Å². The number of nitrogens with zero attached hydrogens (tertiary/aromatic N) is 3. The molecule has 1 fully saturated rings. The molecule has 1 unspecified atom stereocenters. The number of rotatable bonds is 6. The number of para-hydroxylation sites is 1. The first kappa shape index (κ1) is 25.6. The van der Waals surface area contributed by atoms with E-state index in [1.165, 1.54) is 10.9 Å². The predicted molar refractivity (Wildman–Crippen MR) is 149 cm³/mol. The van der Waals surface area contributed by atoms with Crippen LogP contribution in [0.4, 0.5) is 5.69 Å². The second kappa shape index (κ2) is 10.7. The van der Waals surface area contributed by atoms with Gasteiger partial charge in [-0.25, -0.2) is 0 Å². The summed E-state index contributed by atoms with van der Waals surface area (Å²) in [5, 5.41) is 3.54. The fraction of sp³-hybridized carbons (Fsp3) is 0.296. The summed E-state index contributed by atoms with van der Waals surface area (Å²) in [6.45, 7) is 5.75. The molecule has 3 aromatic carbocycles. The summed E-state index contributed by atoms with van der Waals surface area (Å²) in [6.07, 6.45) is 2.23. The standard InChI is InChI=1S/C27H28Cl2N4O.ClH/c1-2-6-25(32-15-13-31(14-16-32)23-10-5-8-21(28)26(23)29)33-22-9-4-3-7-19(22)20-12-11-18(27(30)34)17-24(20)33;/h3-5,7-12,17,25H,2,6,13-16H2,1H3,(H2,30,34);1H. The molecule has 2 heterocycles. The van der Waals surface area contributed by atoms with Crippen LogP contribution in [0.3, 0.4) is 0 Å². The smallest absolute Gasteiger partial charge is 0.248 e. The van der Waals surface area contributed by atoms with Gasteiger partial charge in [0, 0.05) is 42.5 Å². The molecule has 1 aliphatic heterocycles. The van der Waals surface area contributed by atoms with E-state index in [1.54, 1.807) is 0 Å². The number of aromatic nitrogens is 1. The Morgan fingerprint density at radius 2 is 1.66 bits per heavy atom. The number of hydrogen-bond acceptors (Lipinski definition) is 3. The summed E-state index contributed by atoms with van der Waals surface area (Å²) < 4.78 is 2.41. The van der Waals surface area contributed by atoms with Crippen LogP contribution in [-0.4, -0.2) is 41.6 Å². The predicted octanol–water partition coefficient (Wildman–Crippen LogP) is 6.74. The van der Waals surface area contributed by atoms with Crippen LogP contribution >= 0.6 is 35.6 Å². The lowest BCUT2D eigenvalue weighted by Gasteiger charge is -2.41. The van der Waals surface area contributed by atoms with Crippen LogP contribution in [-0.2, 0) is 0 Å². The lowest BCUT2D eigenvalue weighted by atomic mass is 10.1. The Morgan fingerprint density at radius 3 is 2.37 bits per heavy atom. The maximum Gasteiger partial charge on any atom is 0.248 e. The zero-order chi connectivity index (χ0) is 23.8. The fourth-order valence-corrected chi connectivity index (χ4v) is 5.62. The first-order chi connectivity index (χ1) is 16.5. The van der Waals surface area contributed by atoms with Gasteiger partial charge in [0.05, 0.1) is 32.9 Å². The van der Waals surface area contributed by atoms with E-state index in [0.29, 0.717) is 15.6 Å². The summed E-state index contributed by atoms with van der Waals surface area (Å²) in [6, 6.07) is 20.1. The summed E-state index contributed by atoms with van der Waals surface area (Å²) in [4.78, 5) is 16.8. The first-order valence-electron chi connectivity index (χ1n) is 11.7. The highest BCUT2D eigenvalue weighted by Crippen LogP contribution is 2.37. The molecule has 35 heavy (non-hydrogen) atoms. The molecular formula is C27H29Cl3N4O. The number of carbonyl (C=O) groups excluding carboxylic acids is 1. The molecule has 1 saturated heterocycles. The third kappa shape index (κ3) is 4.70. The molecule has 0 aliphatic carbocycles. The van der Waals surface area contributed by atoms with Gasteiger partial charge in [0.1, 0.15) is 0 Å². The van der Waals surface area contributed by atoms with Gasteiger partial charge in [-0.05, 0) is 36.8 Å². The second-order valence-electron chi connectivity index (χ2n) is 8.85. The molecule has 0 saturated carbocycles. The third-order valence-corrected chi connectivity index (χ3v) is 7.66. The second-order valence-corrected chi connectivity index (χ2v) is 9.63. The molecular weight excluding hydrogens is 503 g/mol. The minimum Gasteiger partial charge on any atom is -0.368 e. The highest BCUT2D eigenvalue weighted by Gasteiger charge is 2.28.